The predicted octanol–water partition coefficient (Wildman–Crippen LogP) is 1.61. The molecule has 0 unspecified atom stereocenters. The SMILES string of the molecule is COC(=O)C(=O)/C=C(\O)c1cccc(F)c1F. The molecular formula is C11H8F2O4. The molecule has 0 fully saturated rings. The summed E-state index contributed by atoms with van der Waals surface area (Å²) in [5.41, 5.74) is -0.512. The lowest BCUT2D eigenvalue weighted by atomic mass is 10.1. The normalized spacial score (nSPS) is 11.1. The third-order valence-corrected chi connectivity index (χ3v) is 1.88. The Hall–Kier alpha value is -2.24. The molecule has 0 radical (unpaired) electrons. The van der Waals surface area contributed by atoms with E-state index < -0.39 is 34.7 Å². The topological polar surface area (TPSA) is 63.6 Å². The first-order chi connectivity index (χ1) is 7.97. The van der Waals surface area contributed by atoms with E-state index in [4.69, 9.17) is 0 Å². The fourth-order valence-electron chi connectivity index (χ4n) is 1.06. The van der Waals surface area contributed by atoms with Crippen LogP contribution in [-0.4, -0.2) is 24.0 Å². The summed E-state index contributed by atoms with van der Waals surface area (Å²) in [7, 11) is 0.980. The molecule has 0 atom stereocenters. The molecule has 1 N–H and O–H groups in total. The van der Waals surface area contributed by atoms with Crippen LogP contribution in [0.2, 0.25) is 0 Å². The summed E-state index contributed by atoms with van der Waals surface area (Å²) in [6, 6.07) is 3.07. The minimum atomic E-state index is -1.31. The van der Waals surface area contributed by atoms with Crippen molar-refractivity contribution < 1.29 is 28.2 Å². The zero-order chi connectivity index (χ0) is 13.0. The van der Waals surface area contributed by atoms with Gasteiger partial charge in [0.15, 0.2) is 11.6 Å². The summed E-state index contributed by atoms with van der Waals surface area (Å²) >= 11 is 0. The van der Waals surface area contributed by atoms with Crippen molar-refractivity contribution in [3.8, 4) is 0 Å². The number of hydrogen-bond acceptors (Lipinski definition) is 4. The van der Waals surface area contributed by atoms with Gasteiger partial charge in [0, 0.05) is 6.08 Å². The number of carbonyl (C=O) groups excluding carboxylic acids is 2. The molecule has 1 aromatic carbocycles. The Morgan fingerprint density at radius 1 is 1.35 bits per heavy atom. The van der Waals surface area contributed by atoms with E-state index in [2.05, 4.69) is 4.74 Å². The first-order valence-electron chi connectivity index (χ1n) is 4.44. The van der Waals surface area contributed by atoms with E-state index in [1.807, 2.05) is 0 Å². The molecule has 4 nitrogen and oxygen atoms in total. The van der Waals surface area contributed by atoms with Crippen LogP contribution in [0.15, 0.2) is 24.3 Å². The minimum absolute atomic E-state index is 0.462. The predicted molar refractivity (Wildman–Crippen MR) is 54.0 cm³/mol. The highest BCUT2D eigenvalue weighted by Crippen LogP contribution is 2.18. The molecule has 0 amide bonds. The highest BCUT2D eigenvalue weighted by atomic mass is 19.2. The highest BCUT2D eigenvalue weighted by Gasteiger charge is 2.16. The summed E-state index contributed by atoms with van der Waals surface area (Å²) in [4.78, 5) is 21.8. The first-order valence-corrected chi connectivity index (χ1v) is 4.44. The van der Waals surface area contributed by atoms with E-state index in [9.17, 15) is 23.5 Å². The number of hydrogen-bond donors (Lipinski definition) is 1. The highest BCUT2D eigenvalue weighted by molar-refractivity contribution is 6.39. The second kappa shape index (κ2) is 5.20. The quantitative estimate of drug-likeness (QED) is 0.378. The zero-order valence-electron chi connectivity index (χ0n) is 8.74. The third kappa shape index (κ3) is 2.87. The molecule has 6 heteroatoms. The molecule has 0 aromatic heterocycles. The van der Waals surface area contributed by atoms with Crippen molar-refractivity contribution in [3.63, 3.8) is 0 Å². The van der Waals surface area contributed by atoms with Crippen LogP contribution in [-0.2, 0) is 14.3 Å². The molecule has 90 valence electrons. The summed E-state index contributed by atoms with van der Waals surface area (Å²) in [6.07, 6.45) is 0.462. The second-order valence-electron chi connectivity index (χ2n) is 2.99. The number of carbonyl (C=O) groups is 2. The molecular weight excluding hydrogens is 234 g/mol. The van der Waals surface area contributed by atoms with Gasteiger partial charge < -0.3 is 9.84 Å². The number of ether oxygens (including phenoxy) is 1. The maximum Gasteiger partial charge on any atom is 0.378 e. The first kappa shape index (κ1) is 12.8. The molecule has 0 aliphatic rings. The van der Waals surface area contributed by atoms with E-state index in [1.54, 1.807) is 0 Å². The zero-order valence-corrected chi connectivity index (χ0v) is 8.74. The van der Waals surface area contributed by atoms with Gasteiger partial charge in [0.05, 0.1) is 12.7 Å². The van der Waals surface area contributed by atoms with Crippen LogP contribution in [0.25, 0.3) is 5.76 Å². The summed E-state index contributed by atoms with van der Waals surface area (Å²) in [6.45, 7) is 0. The molecule has 17 heavy (non-hydrogen) atoms. The van der Waals surface area contributed by atoms with Crippen molar-refractivity contribution in [3.05, 3.63) is 41.5 Å². The second-order valence-corrected chi connectivity index (χ2v) is 2.99. The number of rotatable bonds is 3. The van der Waals surface area contributed by atoms with Gasteiger partial charge in [-0.1, -0.05) is 6.07 Å². The van der Waals surface area contributed by atoms with E-state index in [0.717, 1.165) is 25.3 Å². The van der Waals surface area contributed by atoms with Crippen molar-refractivity contribution >= 4 is 17.5 Å². The number of aliphatic hydroxyl groups excluding tert-OH is 1. The van der Waals surface area contributed by atoms with Gasteiger partial charge in [0.25, 0.3) is 5.78 Å². The molecule has 0 spiro atoms. The molecule has 0 saturated heterocycles. The van der Waals surface area contributed by atoms with E-state index in [1.165, 1.54) is 0 Å². The van der Waals surface area contributed by atoms with Gasteiger partial charge in [-0.05, 0) is 12.1 Å². The number of benzene rings is 1. The number of ketones is 1. The average molecular weight is 242 g/mol. The Morgan fingerprint density at radius 2 is 2.00 bits per heavy atom. The minimum Gasteiger partial charge on any atom is -0.507 e. The van der Waals surface area contributed by atoms with Gasteiger partial charge in [-0.15, -0.1) is 0 Å². The van der Waals surface area contributed by atoms with Gasteiger partial charge in [-0.25, -0.2) is 13.6 Å². The van der Waals surface area contributed by atoms with Crippen LogP contribution in [0.3, 0.4) is 0 Å². The maximum absolute atomic E-state index is 13.2. The van der Waals surface area contributed by atoms with Crippen molar-refractivity contribution in [1.29, 1.82) is 0 Å². The van der Waals surface area contributed by atoms with Crippen molar-refractivity contribution in [2.75, 3.05) is 7.11 Å². The maximum atomic E-state index is 13.2. The number of esters is 1. The summed E-state index contributed by atoms with van der Waals surface area (Å²) < 4.78 is 30.1. The van der Waals surface area contributed by atoms with Gasteiger partial charge in [-0.2, -0.15) is 0 Å². The molecule has 0 heterocycles. The molecule has 0 saturated carbocycles. The molecule has 1 rings (SSSR count). The Labute approximate surface area is 95.1 Å². The molecule has 0 aliphatic heterocycles. The summed E-state index contributed by atoms with van der Waals surface area (Å²) in [5.74, 6) is -5.72. The van der Waals surface area contributed by atoms with Crippen molar-refractivity contribution in [2.45, 2.75) is 0 Å². The third-order valence-electron chi connectivity index (χ3n) is 1.88. The fourth-order valence-corrected chi connectivity index (χ4v) is 1.06. The lowest BCUT2D eigenvalue weighted by Crippen LogP contribution is -2.13. The van der Waals surface area contributed by atoms with Crippen LogP contribution >= 0.6 is 0 Å². The van der Waals surface area contributed by atoms with E-state index in [0.29, 0.717) is 6.08 Å². The number of methoxy groups -OCH3 is 1. The fraction of sp³-hybridized carbons (Fsp3) is 0.0909. The molecule has 0 aliphatic carbocycles. The van der Waals surface area contributed by atoms with Crippen LogP contribution in [0, 0.1) is 11.6 Å². The smallest absolute Gasteiger partial charge is 0.378 e. The number of aliphatic hydroxyl groups is 1. The van der Waals surface area contributed by atoms with Crippen LogP contribution in [0.5, 0.6) is 0 Å². The monoisotopic (exact) mass is 242 g/mol. The lowest BCUT2D eigenvalue weighted by molar-refractivity contribution is -0.149. The Kier molecular flexibility index (Phi) is 3.92. The Morgan fingerprint density at radius 3 is 2.59 bits per heavy atom. The van der Waals surface area contributed by atoms with Crippen LogP contribution in [0.4, 0.5) is 8.78 Å². The molecule has 0 bridgehead atoms. The molecule has 1 aromatic rings. The van der Waals surface area contributed by atoms with E-state index >= 15 is 0 Å². The van der Waals surface area contributed by atoms with Gasteiger partial charge >= 0.3 is 5.97 Å². The largest absolute Gasteiger partial charge is 0.507 e. The van der Waals surface area contributed by atoms with Crippen molar-refractivity contribution in [2.24, 2.45) is 0 Å². The van der Waals surface area contributed by atoms with Crippen LogP contribution < -0.4 is 0 Å². The Bertz CT molecular complexity index is 494. The van der Waals surface area contributed by atoms with Crippen molar-refractivity contribution in [1.82, 2.24) is 0 Å². The van der Waals surface area contributed by atoms with Gasteiger partial charge in [0.1, 0.15) is 5.76 Å². The van der Waals surface area contributed by atoms with Crippen LogP contribution in [0.1, 0.15) is 5.56 Å². The standard InChI is InChI=1S/C11H8F2O4/c1-17-11(16)9(15)5-8(14)6-3-2-4-7(12)10(6)13/h2-5,14H,1H3/b8-5-. The summed E-state index contributed by atoms with van der Waals surface area (Å²) in [5, 5.41) is 9.37. The van der Waals surface area contributed by atoms with E-state index in [-0.39, 0.29) is 0 Å². The van der Waals surface area contributed by atoms with Gasteiger partial charge in [0.2, 0.25) is 0 Å². The average Bonchev–Trinajstić information content (AvgIpc) is 2.31. The number of halogens is 2. The van der Waals surface area contributed by atoms with Gasteiger partial charge in [-0.3, -0.25) is 4.79 Å². The lowest BCUT2D eigenvalue weighted by Gasteiger charge is -2.02. The Balaban J connectivity index is 3.08.